The summed E-state index contributed by atoms with van der Waals surface area (Å²) in [7, 11) is 0. The van der Waals surface area contributed by atoms with Crippen LogP contribution >= 0.6 is 11.6 Å². The summed E-state index contributed by atoms with van der Waals surface area (Å²) in [6, 6.07) is 8.39. The molecule has 2 heterocycles. The second kappa shape index (κ2) is 4.90. The molecule has 0 atom stereocenters. The highest BCUT2D eigenvalue weighted by molar-refractivity contribution is 6.36. The van der Waals surface area contributed by atoms with Gasteiger partial charge >= 0.3 is 0 Å². The third kappa shape index (κ3) is 2.21. The van der Waals surface area contributed by atoms with Crippen LogP contribution in [-0.4, -0.2) is 16.7 Å². The van der Waals surface area contributed by atoms with E-state index in [1.54, 1.807) is 36.5 Å². The maximum absolute atomic E-state index is 12.1. The van der Waals surface area contributed by atoms with Crippen LogP contribution in [0.25, 0.3) is 5.57 Å². The Kier molecular flexibility index (Phi) is 3.08. The molecule has 0 unspecified atom stereocenters. The number of rotatable bonds is 2. The van der Waals surface area contributed by atoms with Gasteiger partial charge in [0.05, 0.1) is 5.57 Å². The number of ketones is 1. The van der Waals surface area contributed by atoms with E-state index in [4.69, 9.17) is 11.6 Å². The van der Waals surface area contributed by atoms with Crippen molar-refractivity contribution < 1.29 is 9.59 Å². The minimum atomic E-state index is -0.306. The lowest BCUT2D eigenvalue weighted by Gasteiger charge is -1.99. The monoisotopic (exact) mass is 284 g/mol. The predicted molar refractivity (Wildman–Crippen MR) is 76.6 cm³/mol. The Hall–Kier alpha value is -2.46. The summed E-state index contributed by atoms with van der Waals surface area (Å²) in [5, 5.41) is 3.21. The van der Waals surface area contributed by atoms with E-state index < -0.39 is 0 Å². The third-order valence-corrected chi connectivity index (χ3v) is 3.22. The van der Waals surface area contributed by atoms with E-state index in [0.29, 0.717) is 27.4 Å². The summed E-state index contributed by atoms with van der Waals surface area (Å²) in [4.78, 5) is 27.9. The average Bonchev–Trinajstić information content (AvgIpc) is 2.76. The number of anilines is 1. The number of nitrogens with one attached hydrogen (secondary N) is 1. The highest BCUT2D eigenvalue weighted by Crippen LogP contribution is 2.33. The van der Waals surface area contributed by atoms with Crippen LogP contribution in [0.2, 0.25) is 5.02 Å². The van der Waals surface area contributed by atoms with E-state index in [0.717, 1.165) is 0 Å². The van der Waals surface area contributed by atoms with Gasteiger partial charge in [0, 0.05) is 34.2 Å². The molecule has 5 heteroatoms. The normalized spacial score (nSPS) is 15.1. The van der Waals surface area contributed by atoms with Crippen molar-refractivity contribution in [1.29, 1.82) is 0 Å². The highest BCUT2D eigenvalue weighted by Gasteiger charge is 2.25. The molecule has 3 rings (SSSR count). The molecule has 1 aliphatic heterocycles. The molecule has 1 aliphatic rings. The standard InChI is InChI=1S/C15H9ClN2O2/c16-10-3-4-13-11(6-10)12(15(20)18-13)7-14(19)9-2-1-5-17-8-9/h1-8H,(H,18,20). The van der Waals surface area contributed by atoms with E-state index in [9.17, 15) is 9.59 Å². The quantitative estimate of drug-likeness (QED) is 0.681. The molecule has 0 aliphatic carbocycles. The molecule has 0 saturated heterocycles. The molecule has 98 valence electrons. The number of nitrogens with zero attached hydrogens (tertiary/aromatic N) is 1. The van der Waals surface area contributed by atoms with Crippen molar-refractivity contribution in [1.82, 2.24) is 4.98 Å². The second-order valence-electron chi connectivity index (χ2n) is 4.31. The van der Waals surface area contributed by atoms with E-state index >= 15 is 0 Å². The maximum atomic E-state index is 12.1. The number of hydrogen-bond donors (Lipinski definition) is 1. The van der Waals surface area contributed by atoms with Crippen LogP contribution in [0.3, 0.4) is 0 Å². The number of fused-ring (bicyclic) bond motifs is 1. The predicted octanol–water partition coefficient (Wildman–Crippen LogP) is 2.95. The van der Waals surface area contributed by atoms with Crippen LogP contribution < -0.4 is 5.32 Å². The van der Waals surface area contributed by atoms with Crippen LogP contribution in [0, 0.1) is 0 Å². The van der Waals surface area contributed by atoms with Gasteiger partial charge in [-0.25, -0.2) is 0 Å². The van der Waals surface area contributed by atoms with Gasteiger partial charge < -0.3 is 5.32 Å². The fourth-order valence-corrected chi connectivity index (χ4v) is 2.20. The summed E-state index contributed by atoms with van der Waals surface area (Å²) >= 11 is 5.93. The summed E-state index contributed by atoms with van der Waals surface area (Å²) < 4.78 is 0. The molecule has 1 aromatic heterocycles. The topological polar surface area (TPSA) is 59.1 Å². The molecular formula is C15H9ClN2O2. The first-order valence-electron chi connectivity index (χ1n) is 5.92. The summed E-state index contributed by atoms with van der Waals surface area (Å²) in [6.07, 6.45) is 4.36. The number of allylic oxidation sites excluding steroid dienone is 1. The SMILES string of the molecule is O=C1Nc2ccc(Cl)cc2C1=CC(=O)c1cccnc1. The van der Waals surface area contributed by atoms with E-state index in [1.165, 1.54) is 12.3 Å². The molecule has 2 aromatic rings. The number of carbonyl (C=O) groups is 2. The lowest BCUT2D eigenvalue weighted by molar-refractivity contribution is -0.110. The van der Waals surface area contributed by atoms with E-state index in [1.807, 2.05) is 0 Å². The van der Waals surface area contributed by atoms with Crippen LogP contribution in [-0.2, 0) is 4.79 Å². The van der Waals surface area contributed by atoms with Crippen molar-refractivity contribution in [2.24, 2.45) is 0 Å². The average molecular weight is 285 g/mol. The Balaban J connectivity index is 2.03. The number of pyridine rings is 1. The largest absolute Gasteiger partial charge is 0.321 e. The molecule has 0 radical (unpaired) electrons. The first-order valence-corrected chi connectivity index (χ1v) is 6.30. The van der Waals surface area contributed by atoms with Gasteiger partial charge in [-0.15, -0.1) is 0 Å². The zero-order valence-corrected chi connectivity index (χ0v) is 11.0. The van der Waals surface area contributed by atoms with Gasteiger partial charge in [-0.2, -0.15) is 0 Å². The molecule has 0 fully saturated rings. The molecule has 1 amide bonds. The fourth-order valence-electron chi connectivity index (χ4n) is 2.03. The number of carbonyl (C=O) groups excluding carboxylic acids is 2. The maximum Gasteiger partial charge on any atom is 0.256 e. The molecule has 0 bridgehead atoms. The number of benzene rings is 1. The number of hydrogen-bond acceptors (Lipinski definition) is 3. The first kappa shape index (κ1) is 12.6. The fraction of sp³-hybridized carbons (Fsp3) is 0. The van der Waals surface area contributed by atoms with Gasteiger partial charge in [-0.05, 0) is 36.4 Å². The van der Waals surface area contributed by atoms with Gasteiger partial charge in [0.2, 0.25) is 0 Å². The Labute approximate surface area is 120 Å². The van der Waals surface area contributed by atoms with Crippen molar-refractivity contribution in [3.05, 3.63) is 65.0 Å². The molecule has 20 heavy (non-hydrogen) atoms. The minimum absolute atomic E-state index is 0.268. The molecular weight excluding hydrogens is 276 g/mol. The lowest BCUT2D eigenvalue weighted by atomic mass is 10.0. The zero-order chi connectivity index (χ0) is 14.1. The second-order valence-corrected chi connectivity index (χ2v) is 4.74. The van der Waals surface area contributed by atoms with Crippen LogP contribution in [0.15, 0.2) is 48.8 Å². The molecule has 0 saturated carbocycles. The Morgan fingerprint density at radius 1 is 1.30 bits per heavy atom. The van der Waals surface area contributed by atoms with Crippen LogP contribution in [0.5, 0.6) is 0 Å². The molecule has 0 spiro atoms. The highest BCUT2D eigenvalue weighted by atomic mass is 35.5. The van der Waals surface area contributed by atoms with E-state index in [-0.39, 0.29) is 11.7 Å². The third-order valence-electron chi connectivity index (χ3n) is 2.99. The molecule has 1 N–H and O–H groups in total. The number of halogens is 1. The zero-order valence-electron chi connectivity index (χ0n) is 10.3. The lowest BCUT2D eigenvalue weighted by Crippen LogP contribution is -2.06. The van der Waals surface area contributed by atoms with Gasteiger partial charge in [0.1, 0.15) is 0 Å². The van der Waals surface area contributed by atoms with Crippen molar-refractivity contribution in [2.75, 3.05) is 5.32 Å². The Morgan fingerprint density at radius 2 is 2.15 bits per heavy atom. The van der Waals surface area contributed by atoms with Crippen molar-refractivity contribution in [3.63, 3.8) is 0 Å². The Bertz CT molecular complexity index is 739. The van der Waals surface area contributed by atoms with Crippen molar-refractivity contribution in [3.8, 4) is 0 Å². The smallest absolute Gasteiger partial charge is 0.256 e. The van der Waals surface area contributed by atoms with E-state index in [2.05, 4.69) is 10.3 Å². The van der Waals surface area contributed by atoms with Crippen molar-refractivity contribution >= 4 is 34.6 Å². The van der Waals surface area contributed by atoms with Crippen LogP contribution in [0.4, 0.5) is 5.69 Å². The number of aromatic nitrogens is 1. The van der Waals surface area contributed by atoms with Crippen molar-refractivity contribution in [2.45, 2.75) is 0 Å². The number of amides is 1. The summed E-state index contributed by atoms with van der Waals surface area (Å²) in [5.41, 5.74) is 2.05. The Morgan fingerprint density at radius 3 is 2.90 bits per heavy atom. The minimum Gasteiger partial charge on any atom is -0.321 e. The summed E-state index contributed by atoms with van der Waals surface area (Å²) in [5.74, 6) is -0.574. The van der Waals surface area contributed by atoms with Crippen LogP contribution in [0.1, 0.15) is 15.9 Å². The summed E-state index contributed by atoms with van der Waals surface area (Å²) in [6.45, 7) is 0. The molecule has 1 aromatic carbocycles. The van der Waals surface area contributed by atoms with Gasteiger partial charge in [0.25, 0.3) is 5.91 Å². The van der Waals surface area contributed by atoms with Gasteiger partial charge in [0.15, 0.2) is 5.78 Å². The molecule has 4 nitrogen and oxygen atoms in total. The first-order chi connectivity index (χ1) is 9.65. The van der Waals surface area contributed by atoms with Gasteiger partial charge in [-0.1, -0.05) is 11.6 Å². The van der Waals surface area contributed by atoms with Gasteiger partial charge in [-0.3, -0.25) is 14.6 Å².